The van der Waals surface area contributed by atoms with Crippen LogP contribution in [-0.2, 0) is 0 Å². The van der Waals surface area contributed by atoms with E-state index in [4.69, 9.17) is 0 Å². The second kappa shape index (κ2) is 8.81. The van der Waals surface area contributed by atoms with E-state index in [1.165, 1.54) is 17.5 Å². The third-order valence-electron chi connectivity index (χ3n) is 2.61. The monoisotopic (exact) mass is 319 g/mol. The average molecular weight is 319 g/mol. The molecule has 21 heavy (non-hydrogen) atoms. The number of nitrogens with zero attached hydrogens (tertiary/aromatic N) is 1. The van der Waals surface area contributed by atoms with Crippen LogP contribution in [0.1, 0.15) is 12.0 Å². The summed E-state index contributed by atoms with van der Waals surface area (Å²) in [6.07, 6.45) is -5.01. The van der Waals surface area contributed by atoms with Gasteiger partial charge in [0, 0.05) is 30.8 Å². The number of thioether (sulfide) groups is 1. The van der Waals surface area contributed by atoms with Gasteiger partial charge in [-0.1, -0.05) is 17.7 Å². The molecule has 0 aliphatic heterocycles. The number of hydrogen-bond donors (Lipinski definition) is 2. The van der Waals surface area contributed by atoms with E-state index < -0.39 is 12.6 Å². The van der Waals surface area contributed by atoms with E-state index in [2.05, 4.69) is 27.8 Å². The van der Waals surface area contributed by atoms with Gasteiger partial charge in [-0.15, -0.1) is 11.8 Å². The maximum atomic E-state index is 12.0. The molecule has 1 rings (SSSR count). The largest absolute Gasteiger partial charge is 0.390 e. The van der Waals surface area contributed by atoms with Gasteiger partial charge in [0.25, 0.3) is 0 Å². The summed E-state index contributed by atoms with van der Waals surface area (Å²) in [5.41, 5.74) is 1.21. The maximum absolute atomic E-state index is 12.0. The van der Waals surface area contributed by atoms with Crippen LogP contribution < -0.4 is 10.6 Å². The van der Waals surface area contributed by atoms with Crippen molar-refractivity contribution in [2.75, 3.05) is 25.9 Å². The van der Waals surface area contributed by atoms with Crippen LogP contribution >= 0.6 is 11.8 Å². The molecule has 1 aromatic rings. The lowest BCUT2D eigenvalue weighted by atomic mass is 10.2. The molecule has 0 aromatic heterocycles. The van der Waals surface area contributed by atoms with Crippen molar-refractivity contribution in [1.29, 1.82) is 0 Å². The van der Waals surface area contributed by atoms with E-state index in [1.54, 1.807) is 11.8 Å². The number of rotatable bonds is 6. The lowest BCUT2D eigenvalue weighted by Crippen LogP contribution is -2.39. The van der Waals surface area contributed by atoms with Crippen molar-refractivity contribution in [3.8, 4) is 0 Å². The minimum atomic E-state index is -4.15. The van der Waals surface area contributed by atoms with Gasteiger partial charge in [-0.25, -0.2) is 0 Å². The summed E-state index contributed by atoms with van der Waals surface area (Å²) < 4.78 is 36.1. The zero-order valence-electron chi connectivity index (χ0n) is 12.1. The lowest BCUT2D eigenvalue weighted by molar-refractivity contribution is -0.132. The van der Waals surface area contributed by atoms with Gasteiger partial charge in [0.1, 0.15) is 0 Å². The SMILES string of the molecule is CN=C(NCCSc1ccc(C)cc1)NCCC(F)(F)F. The number of nitrogens with one attached hydrogen (secondary N) is 2. The van der Waals surface area contributed by atoms with Crippen LogP contribution in [0.5, 0.6) is 0 Å². The number of guanidine groups is 1. The highest BCUT2D eigenvalue weighted by molar-refractivity contribution is 7.99. The fraction of sp³-hybridized carbons (Fsp3) is 0.500. The highest BCUT2D eigenvalue weighted by Crippen LogP contribution is 2.18. The van der Waals surface area contributed by atoms with Gasteiger partial charge in [0.15, 0.2) is 5.96 Å². The van der Waals surface area contributed by atoms with E-state index >= 15 is 0 Å². The molecule has 0 bridgehead atoms. The van der Waals surface area contributed by atoms with Crippen molar-refractivity contribution in [3.05, 3.63) is 29.8 Å². The Bertz CT molecular complexity index is 444. The fourth-order valence-electron chi connectivity index (χ4n) is 1.52. The first-order valence-electron chi connectivity index (χ1n) is 6.61. The van der Waals surface area contributed by atoms with Gasteiger partial charge < -0.3 is 10.6 Å². The van der Waals surface area contributed by atoms with Crippen molar-refractivity contribution in [3.63, 3.8) is 0 Å². The first-order chi connectivity index (χ1) is 9.90. The summed E-state index contributed by atoms with van der Waals surface area (Å²) in [6, 6.07) is 8.20. The molecule has 0 heterocycles. The molecule has 0 spiro atoms. The molecule has 7 heteroatoms. The molecule has 0 amide bonds. The summed E-state index contributed by atoms with van der Waals surface area (Å²) in [7, 11) is 1.54. The third kappa shape index (κ3) is 8.49. The molecule has 0 atom stereocenters. The van der Waals surface area contributed by atoms with Gasteiger partial charge in [0.05, 0.1) is 6.42 Å². The van der Waals surface area contributed by atoms with Gasteiger partial charge in [-0.05, 0) is 19.1 Å². The highest BCUT2D eigenvalue weighted by Gasteiger charge is 2.26. The van der Waals surface area contributed by atoms with Gasteiger partial charge in [0.2, 0.25) is 0 Å². The van der Waals surface area contributed by atoms with Crippen molar-refractivity contribution < 1.29 is 13.2 Å². The first-order valence-corrected chi connectivity index (χ1v) is 7.60. The Morgan fingerprint density at radius 2 is 1.76 bits per heavy atom. The lowest BCUT2D eigenvalue weighted by Gasteiger charge is -2.12. The summed E-state index contributed by atoms with van der Waals surface area (Å²) in [6.45, 7) is 2.49. The van der Waals surface area contributed by atoms with E-state index in [9.17, 15) is 13.2 Å². The number of alkyl halides is 3. The van der Waals surface area contributed by atoms with Crippen LogP contribution in [-0.4, -0.2) is 38.0 Å². The standard InChI is InChI=1S/C14H20F3N3S/c1-11-3-5-12(6-4-11)21-10-9-20-13(18-2)19-8-7-14(15,16)17/h3-6H,7-10H2,1-2H3,(H2,18,19,20). The van der Waals surface area contributed by atoms with Crippen LogP contribution in [0.3, 0.4) is 0 Å². The van der Waals surface area contributed by atoms with E-state index in [0.717, 1.165) is 5.75 Å². The van der Waals surface area contributed by atoms with Gasteiger partial charge >= 0.3 is 6.18 Å². The maximum Gasteiger partial charge on any atom is 0.390 e. The number of aliphatic imine (C=N–C) groups is 1. The molecule has 2 N–H and O–H groups in total. The number of halogens is 3. The van der Waals surface area contributed by atoms with Gasteiger partial charge in [-0.3, -0.25) is 4.99 Å². The normalized spacial score (nSPS) is 12.3. The Balaban J connectivity index is 2.19. The second-order valence-electron chi connectivity index (χ2n) is 4.45. The molecule has 0 saturated heterocycles. The van der Waals surface area contributed by atoms with Crippen molar-refractivity contribution in [2.45, 2.75) is 24.4 Å². The Hall–Kier alpha value is -1.37. The topological polar surface area (TPSA) is 36.4 Å². The summed E-state index contributed by atoms with van der Waals surface area (Å²) >= 11 is 1.68. The number of hydrogen-bond acceptors (Lipinski definition) is 2. The molecule has 0 fully saturated rings. The van der Waals surface area contributed by atoms with Crippen LogP contribution in [0, 0.1) is 6.92 Å². The Labute approximate surface area is 127 Å². The third-order valence-corrected chi connectivity index (χ3v) is 3.62. The Morgan fingerprint density at radius 3 is 2.33 bits per heavy atom. The van der Waals surface area contributed by atoms with E-state index in [1.807, 2.05) is 19.1 Å². The zero-order chi connectivity index (χ0) is 15.7. The number of aryl methyl sites for hydroxylation is 1. The first kappa shape index (κ1) is 17.7. The van der Waals surface area contributed by atoms with E-state index in [-0.39, 0.29) is 6.54 Å². The minimum absolute atomic E-state index is 0.172. The summed E-state index contributed by atoms with van der Waals surface area (Å²) in [5, 5.41) is 5.63. The van der Waals surface area contributed by atoms with Crippen molar-refractivity contribution in [2.24, 2.45) is 4.99 Å². The highest BCUT2D eigenvalue weighted by atomic mass is 32.2. The van der Waals surface area contributed by atoms with Crippen LogP contribution in [0.15, 0.2) is 34.2 Å². The smallest absolute Gasteiger partial charge is 0.356 e. The quantitative estimate of drug-likeness (QED) is 0.366. The van der Waals surface area contributed by atoms with Crippen LogP contribution in [0.4, 0.5) is 13.2 Å². The molecular formula is C14H20F3N3S. The minimum Gasteiger partial charge on any atom is -0.356 e. The molecule has 1 aromatic carbocycles. The molecule has 0 saturated carbocycles. The van der Waals surface area contributed by atoms with E-state index in [0.29, 0.717) is 12.5 Å². The number of benzene rings is 1. The summed E-state index contributed by atoms with van der Waals surface area (Å²) in [4.78, 5) is 5.05. The van der Waals surface area contributed by atoms with Gasteiger partial charge in [-0.2, -0.15) is 13.2 Å². The molecule has 3 nitrogen and oxygen atoms in total. The van der Waals surface area contributed by atoms with Crippen LogP contribution in [0.2, 0.25) is 0 Å². The van der Waals surface area contributed by atoms with Crippen molar-refractivity contribution in [1.82, 2.24) is 10.6 Å². The zero-order valence-corrected chi connectivity index (χ0v) is 12.9. The molecule has 118 valence electrons. The Kier molecular flexibility index (Phi) is 7.42. The molecule has 0 aliphatic rings. The molecule has 0 unspecified atom stereocenters. The predicted octanol–water partition coefficient (Wildman–Crippen LogP) is 3.20. The van der Waals surface area contributed by atoms with Crippen molar-refractivity contribution >= 4 is 17.7 Å². The average Bonchev–Trinajstić information content (AvgIpc) is 2.42. The summed E-state index contributed by atoms with van der Waals surface area (Å²) in [5.74, 6) is 1.20. The Morgan fingerprint density at radius 1 is 1.14 bits per heavy atom. The molecule has 0 radical (unpaired) electrons. The molecular weight excluding hydrogens is 299 g/mol. The van der Waals surface area contributed by atoms with Crippen LogP contribution in [0.25, 0.3) is 0 Å². The second-order valence-corrected chi connectivity index (χ2v) is 5.62. The fourth-order valence-corrected chi connectivity index (χ4v) is 2.28. The molecule has 0 aliphatic carbocycles. The predicted molar refractivity (Wildman–Crippen MR) is 81.9 cm³/mol.